The van der Waals surface area contributed by atoms with E-state index in [9.17, 15) is 18.8 Å². The van der Waals surface area contributed by atoms with Crippen LogP contribution in [0.3, 0.4) is 0 Å². The smallest absolute Gasteiger partial charge is 0.243 e. The number of hydrogen-bond donors (Lipinski definition) is 3. The molecule has 0 saturated carbocycles. The summed E-state index contributed by atoms with van der Waals surface area (Å²) < 4.78 is 14.2. The molecular weight excluding hydrogens is 445 g/mol. The van der Waals surface area contributed by atoms with Crippen LogP contribution >= 0.6 is 0 Å². The fraction of sp³-hybridized carbons (Fsp3) is 0.179. The van der Waals surface area contributed by atoms with Crippen LogP contribution in [0.4, 0.5) is 4.39 Å². The van der Waals surface area contributed by atoms with E-state index in [0.29, 0.717) is 0 Å². The van der Waals surface area contributed by atoms with Gasteiger partial charge in [-0.2, -0.15) is 0 Å². The summed E-state index contributed by atoms with van der Waals surface area (Å²) in [6, 6.07) is 21.6. The van der Waals surface area contributed by atoms with Gasteiger partial charge in [-0.3, -0.25) is 14.4 Å². The van der Waals surface area contributed by atoms with Crippen LogP contribution in [0.2, 0.25) is 0 Å². The Balaban J connectivity index is 1.65. The van der Waals surface area contributed by atoms with E-state index in [2.05, 4.69) is 16.7 Å². The zero-order valence-electron chi connectivity index (χ0n) is 19.3. The van der Waals surface area contributed by atoms with E-state index in [1.807, 2.05) is 48.5 Å². The Bertz CT molecular complexity index is 1370. The first-order chi connectivity index (χ1) is 16.8. The molecule has 0 aliphatic rings. The van der Waals surface area contributed by atoms with E-state index in [4.69, 9.17) is 5.73 Å². The number of benzene rings is 4. The number of hydrogen-bond acceptors (Lipinski definition) is 3. The van der Waals surface area contributed by atoms with Gasteiger partial charge < -0.3 is 16.4 Å². The molecule has 0 heterocycles. The average Bonchev–Trinajstić information content (AvgIpc) is 2.83. The van der Waals surface area contributed by atoms with E-state index in [0.717, 1.165) is 27.1 Å². The molecule has 0 aliphatic heterocycles. The predicted octanol–water partition coefficient (Wildman–Crippen LogP) is 3.39. The third-order valence-corrected chi connectivity index (χ3v) is 6.03. The number of amides is 3. The summed E-state index contributed by atoms with van der Waals surface area (Å²) in [7, 11) is 0. The minimum atomic E-state index is -1.07. The van der Waals surface area contributed by atoms with Crippen LogP contribution in [0.1, 0.15) is 18.1 Å². The van der Waals surface area contributed by atoms with E-state index < -0.39 is 35.6 Å². The molecule has 35 heavy (non-hydrogen) atoms. The highest BCUT2D eigenvalue weighted by Gasteiger charge is 2.27. The number of carbonyl (C=O) groups excluding carboxylic acids is 3. The SMILES string of the molecule is CC(=O)N[C@@H](Cc1ccccc1F)C(=O)N[C@@H](Cc1c2ccccc2cc2ccccc12)C(N)=O. The molecule has 0 saturated heterocycles. The highest BCUT2D eigenvalue weighted by Crippen LogP contribution is 2.29. The third-order valence-electron chi connectivity index (χ3n) is 6.03. The molecule has 178 valence electrons. The number of fused-ring (bicyclic) bond motifs is 2. The molecule has 6 nitrogen and oxygen atoms in total. The Morgan fingerprint density at radius 3 is 1.94 bits per heavy atom. The van der Waals surface area contributed by atoms with Crippen LogP contribution in [0.5, 0.6) is 0 Å². The molecule has 7 heteroatoms. The summed E-state index contributed by atoms with van der Waals surface area (Å²) >= 11 is 0. The molecule has 0 spiro atoms. The topological polar surface area (TPSA) is 101 Å². The Labute approximate surface area is 202 Å². The number of primary amides is 1. The van der Waals surface area contributed by atoms with Gasteiger partial charge in [-0.1, -0.05) is 66.7 Å². The van der Waals surface area contributed by atoms with Crippen LogP contribution in [-0.4, -0.2) is 29.8 Å². The van der Waals surface area contributed by atoms with Gasteiger partial charge in [0.05, 0.1) is 0 Å². The molecule has 0 bridgehead atoms. The lowest BCUT2D eigenvalue weighted by Crippen LogP contribution is -2.54. The summed E-state index contributed by atoms with van der Waals surface area (Å²) in [5, 5.41) is 9.16. The molecule has 0 fully saturated rings. The maximum atomic E-state index is 14.2. The van der Waals surface area contributed by atoms with Gasteiger partial charge in [-0.15, -0.1) is 0 Å². The summed E-state index contributed by atoms with van der Waals surface area (Å²) in [4.78, 5) is 37.4. The number of nitrogens with one attached hydrogen (secondary N) is 2. The molecule has 0 radical (unpaired) electrons. The Morgan fingerprint density at radius 1 is 0.800 bits per heavy atom. The molecule has 4 rings (SSSR count). The Morgan fingerprint density at radius 2 is 1.37 bits per heavy atom. The molecular formula is C28H26FN3O3. The van der Waals surface area contributed by atoms with Gasteiger partial charge in [-0.05, 0) is 44.8 Å². The van der Waals surface area contributed by atoms with Crippen LogP contribution in [0.25, 0.3) is 21.5 Å². The first kappa shape index (κ1) is 23.9. The number of halogens is 1. The molecule has 0 aromatic heterocycles. The van der Waals surface area contributed by atoms with Crippen molar-refractivity contribution < 1.29 is 18.8 Å². The van der Waals surface area contributed by atoms with Gasteiger partial charge in [0.25, 0.3) is 0 Å². The van der Waals surface area contributed by atoms with Crippen LogP contribution in [0.15, 0.2) is 78.9 Å². The Hall–Kier alpha value is -4.26. The normalized spacial score (nSPS) is 12.7. The van der Waals surface area contributed by atoms with Crippen molar-refractivity contribution in [1.82, 2.24) is 10.6 Å². The van der Waals surface area contributed by atoms with Crippen LogP contribution < -0.4 is 16.4 Å². The molecule has 4 aromatic carbocycles. The van der Waals surface area contributed by atoms with E-state index in [1.54, 1.807) is 18.2 Å². The maximum absolute atomic E-state index is 14.2. The summed E-state index contributed by atoms with van der Waals surface area (Å²) in [6.45, 7) is 1.27. The first-order valence-corrected chi connectivity index (χ1v) is 11.3. The monoisotopic (exact) mass is 471 g/mol. The van der Waals surface area contributed by atoms with E-state index in [1.165, 1.54) is 13.0 Å². The second-order valence-electron chi connectivity index (χ2n) is 8.51. The van der Waals surface area contributed by atoms with Crippen LogP contribution in [0, 0.1) is 5.82 Å². The quantitative estimate of drug-likeness (QED) is 0.343. The van der Waals surface area contributed by atoms with E-state index in [-0.39, 0.29) is 18.4 Å². The maximum Gasteiger partial charge on any atom is 0.243 e. The molecule has 2 atom stereocenters. The van der Waals surface area contributed by atoms with Crippen molar-refractivity contribution in [2.45, 2.75) is 31.8 Å². The second-order valence-corrected chi connectivity index (χ2v) is 8.51. The molecule has 4 aromatic rings. The van der Waals surface area contributed by atoms with Crippen LogP contribution in [-0.2, 0) is 27.2 Å². The van der Waals surface area contributed by atoms with Gasteiger partial charge in [0.1, 0.15) is 17.9 Å². The Kier molecular flexibility index (Phi) is 7.06. The summed E-state index contributed by atoms with van der Waals surface area (Å²) in [6.07, 6.45) is 0.0934. The van der Waals surface area contributed by atoms with Crippen molar-refractivity contribution in [3.63, 3.8) is 0 Å². The van der Waals surface area contributed by atoms with Crippen molar-refractivity contribution >= 4 is 39.3 Å². The van der Waals surface area contributed by atoms with E-state index >= 15 is 0 Å². The van der Waals surface area contributed by atoms with Gasteiger partial charge in [0, 0.05) is 19.8 Å². The minimum Gasteiger partial charge on any atom is -0.368 e. The number of rotatable bonds is 8. The van der Waals surface area contributed by atoms with Gasteiger partial charge in [-0.25, -0.2) is 4.39 Å². The molecule has 0 aliphatic carbocycles. The summed E-state index contributed by atoms with van der Waals surface area (Å²) in [5.74, 6) is -2.25. The standard InChI is InChI=1S/C28H26FN3O3/c1-17(33)31-26(15-20-10-4-7-13-24(20)29)28(35)32-25(27(30)34)16-23-21-11-5-2-8-18(21)14-19-9-3-6-12-22(19)23/h2-14,25-26H,15-16H2,1H3,(H2,30,34)(H,31,33)(H,32,35)/t25-,26-/m0/s1. The van der Waals surface area contributed by atoms with Gasteiger partial charge >= 0.3 is 0 Å². The average molecular weight is 472 g/mol. The highest BCUT2D eigenvalue weighted by atomic mass is 19.1. The van der Waals surface area contributed by atoms with Gasteiger partial charge in [0.2, 0.25) is 17.7 Å². The lowest BCUT2D eigenvalue weighted by Gasteiger charge is -2.23. The predicted molar refractivity (Wildman–Crippen MR) is 134 cm³/mol. The van der Waals surface area contributed by atoms with Crippen molar-refractivity contribution in [2.24, 2.45) is 5.73 Å². The lowest BCUT2D eigenvalue weighted by atomic mass is 9.92. The number of nitrogens with two attached hydrogens (primary N) is 1. The summed E-state index contributed by atoms with van der Waals surface area (Å²) in [5.41, 5.74) is 6.86. The second kappa shape index (κ2) is 10.3. The van der Waals surface area contributed by atoms with Crippen molar-refractivity contribution in [2.75, 3.05) is 0 Å². The lowest BCUT2D eigenvalue weighted by molar-refractivity contribution is -0.130. The van der Waals surface area contributed by atoms with Crippen molar-refractivity contribution in [1.29, 1.82) is 0 Å². The zero-order chi connectivity index (χ0) is 24.9. The molecule has 4 N–H and O–H groups in total. The fourth-order valence-corrected chi connectivity index (χ4v) is 4.37. The minimum absolute atomic E-state index is 0.0687. The van der Waals surface area contributed by atoms with Crippen molar-refractivity contribution in [3.8, 4) is 0 Å². The fourth-order valence-electron chi connectivity index (χ4n) is 4.37. The first-order valence-electron chi connectivity index (χ1n) is 11.3. The molecule has 0 unspecified atom stereocenters. The largest absolute Gasteiger partial charge is 0.368 e. The third kappa shape index (κ3) is 5.46. The van der Waals surface area contributed by atoms with Gasteiger partial charge in [0.15, 0.2) is 0 Å². The number of carbonyl (C=O) groups is 3. The van der Waals surface area contributed by atoms with Crippen molar-refractivity contribution in [3.05, 3.63) is 95.8 Å². The zero-order valence-corrected chi connectivity index (χ0v) is 19.3. The highest BCUT2D eigenvalue weighted by molar-refractivity contribution is 6.03. The molecule has 3 amide bonds.